The third-order valence-corrected chi connectivity index (χ3v) is 5.45. The minimum Gasteiger partial charge on any atom is -0.268 e. The summed E-state index contributed by atoms with van der Waals surface area (Å²) < 4.78 is 15.8. The summed E-state index contributed by atoms with van der Waals surface area (Å²) in [7, 11) is 0. The molecule has 0 saturated carbocycles. The first-order chi connectivity index (χ1) is 14.4. The van der Waals surface area contributed by atoms with E-state index in [-0.39, 0.29) is 21.8 Å². The number of rotatable bonds is 2. The van der Waals surface area contributed by atoms with E-state index in [0.717, 1.165) is 10.5 Å². The SMILES string of the molecule is Cc1ccccc1N1C(=O)c2cnc3c(c(C)nn3-c3ccc(Cl)cc3F)c2C1=O. The molecular formula is C22H14ClFN4O2. The van der Waals surface area contributed by atoms with Gasteiger partial charge in [-0.2, -0.15) is 5.10 Å². The second-order valence-electron chi connectivity index (χ2n) is 7.07. The molecule has 2 aromatic heterocycles. The van der Waals surface area contributed by atoms with Gasteiger partial charge in [0.1, 0.15) is 11.5 Å². The van der Waals surface area contributed by atoms with Crippen LogP contribution in [-0.4, -0.2) is 26.6 Å². The molecule has 2 aromatic carbocycles. The van der Waals surface area contributed by atoms with Gasteiger partial charge in [0.05, 0.1) is 27.9 Å². The highest BCUT2D eigenvalue weighted by Crippen LogP contribution is 2.35. The number of imide groups is 1. The van der Waals surface area contributed by atoms with Crippen LogP contribution in [0.4, 0.5) is 10.1 Å². The van der Waals surface area contributed by atoms with Gasteiger partial charge in [-0.25, -0.2) is 19.0 Å². The normalized spacial score (nSPS) is 13.4. The molecule has 5 rings (SSSR count). The molecule has 0 aliphatic carbocycles. The van der Waals surface area contributed by atoms with Crippen molar-refractivity contribution >= 4 is 40.1 Å². The average molecular weight is 421 g/mol. The molecule has 0 atom stereocenters. The van der Waals surface area contributed by atoms with Gasteiger partial charge in [0.15, 0.2) is 5.65 Å². The van der Waals surface area contributed by atoms with E-state index in [1.165, 1.54) is 23.0 Å². The first-order valence-electron chi connectivity index (χ1n) is 9.16. The molecule has 8 heteroatoms. The summed E-state index contributed by atoms with van der Waals surface area (Å²) in [4.78, 5) is 31.9. The van der Waals surface area contributed by atoms with Crippen LogP contribution in [0.15, 0.2) is 48.7 Å². The fourth-order valence-corrected chi connectivity index (χ4v) is 3.97. The molecule has 3 heterocycles. The maximum atomic E-state index is 14.5. The van der Waals surface area contributed by atoms with Crippen LogP contribution in [0.25, 0.3) is 16.7 Å². The van der Waals surface area contributed by atoms with E-state index in [1.54, 1.807) is 25.1 Å². The largest absolute Gasteiger partial charge is 0.268 e. The highest BCUT2D eigenvalue weighted by Gasteiger charge is 2.40. The predicted octanol–water partition coefficient (Wildman–Crippen LogP) is 4.63. The van der Waals surface area contributed by atoms with Crippen molar-refractivity contribution < 1.29 is 14.0 Å². The molecule has 30 heavy (non-hydrogen) atoms. The number of fused-ring (bicyclic) bond motifs is 3. The summed E-state index contributed by atoms with van der Waals surface area (Å²) in [6.07, 6.45) is 1.35. The zero-order chi connectivity index (χ0) is 21.2. The van der Waals surface area contributed by atoms with E-state index >= 15 is 0 Å². The van der Waals surface area contributed by atoms with E-state index in [2.05, 4.69) is 10.1 Å². The third kappa shape index (κ3) is 2.48. The van der Waals surface area contributed by atoms with Crippen LogP contribution in [0.2, 0.25) is 5.02 Å². The van der Waals surface area contributed by atoms with Gasteiger partial charge in [0.25, 0.3) is 11.8 Å². The quantitative estimate of drug-likeness (QED) is 0.443. The van der Waals surface area contributed by atoms with Crippen molar-refractivity contribution in [1.29, 1.82) is 0 Å². The van der Waals surface area contributed by atoms with Gasteiger partial charge < -0.3 is 0 Å². The number of hydrogen-bond donors (Lipinski definition) is 0. The number of halogens is 2. The third-order valence-electron chi connectivity index (χ3n) is 5.22. The van der Waals surface area contributed by atoms with Crippen molar-refractivity contribution in [2.75, 3.05) is 4.90 Å². The number of carbonyl (C=O) groups excluding carboxylic acids is 2. The molecule has 1 aliphatic heterocycles. The van der Waals surface area contributed by atoms with E-state index in [9.17, 15) is 14.0 Å². The first kappa shape index (κ1) is 18.4. The molecular weight excluding hydrogens is 407 g/mol. The maximum Gasteiger partial charge on any atom is 0.267 e. The number of nitrogens with zero attached hydrogens (tertiary/aromatic N) is 4. The highest BCUT2D eigenvalue weighted by molar-refractivity contribution is 6.37. The fourth-order valence-electron chi connectivity index (χ4n) is 3.81. The number of carbonyl (C=O) groups is 2. The lowest BCUT2D eigenvalue weighted by Gasteiger charge is -2.16. The number of aromatic nitrogens is 3. The summed E-state index contributed by atoms with van der Waals surface area (Å²) >= 11 is 5.85. The Hall–Kier alpha value is -3.58. The molecule has 0 radical (unpaired) electrons. The number of hydrogen-bond acceptors (Lipinski definition) is 4. The lowest BCUT2D eigenvalue weighted by atomic mass is 10.1. The number of pyridine rings is 1. The molecule has 1 aliphatic rings. The van der Waals surface area contributed by atoms with Crippen molar-refractivity contribution in [3.63, 3.8) is 0 Å². The molecule has 148 valence electrons. The lowest BCUT2D eigenvalue weighted by Crippen LogP contribution is -2.30. The smallest absolute Gasteiger partial charge is 0.267 e. The van der Waals surface area contributed by atoms with Gasteiger partial charge in [-0.05, 0) is 43.7 Å². The molecule has 0 N–H and O–H groups in total. The summed E-state index contributed by atoms with van der Waals surface area (Å²) in [5.74, 6) is -1.46. The second-order valence-corrected chi connectivity index (χ2v) is 7.51. The van der Waals surface area contributed by atoms with Crippen LogP contribution in [0.5, 0.6) is 0 Å². The summed E-state index contributed by atoms with van der Waals surface area (Å²) in [5, 5.41) is 5.08. The topological polar surface area (TPSA) is 68.1 Å². The Kier molecular flexibility index (Phi) is 3.98. The highest BCUT2D eigenvalue weighted by atomic mass is 35.5. The van der Waals surface area contributed by atoms with Crippen molar-refractivity contribution in [2.45, 2.75) is 13.8 Å². The minimum atomic E-state index is -0.571. The van der Waals surface area contributed by atoms with Gasteiger partial charge in [0.2, 0.25) is 0 Å². The van der Waals surface area contributed by atoms with Gasteiger partial charge in [-0.15, -0.1) is 0 Å². The Morgan fingerprint density at radius 2 is 1.77 bits per heavy atom. The number of para-hydroxylation sites is 1. The molecule has 2 amide bonds. The van der Waals surface area contributed by atoms with E-state index in [1.807, 2.05) is 19.1 Å². The Labute approximate surface area is 175 Å². The van der Waals surface area contributed by atoms with Crippen LogP contribution in [0.1, 0.15) is 32.0 Å². The van der Waals surface area contributed by atoms with Crippen LogP contribution in [0, 0.1) is 19.7 Å². The van der Waals surface area contributed by atoms with E-state index < -0.39 is 17.6 Å². The number of anilines is 1. The number of benzene rings is 2. The van der Waals surface area contributed by atoms with Crippen LogP contribution in [-0.2, 0) is 0 Å². The van der Waals surface area contributed by atoms with Crippen LogP contribution >= 0.6 is 11.6 Å². The summed E-state index contributed by atoms with van der Waals surface area (Å²) in [6.45, 7) is 3.53. The molecule has 4 aromatic rings. The fraction of sp³-hybridized carbons (Fsp3) is 0.0909. The lowest BCUT2D eigenvalue weighted by molar-refractivity contribution is 0.0926. The van der Waals surface area contributed by atoms with Crippen LogP contribution < -0.4 is 4.90 Å². The predicted molar refractivity (Wildman–Crippen MR) is 111 cm³/mol. The average Bonchev–Trinajstić information content (AvgIpc) is 3.17. The molecule has 0 unspecified atom stereocenters. The number of aryl methyl sites for hydroxylation is 2. The van der Waals surface area contributed by atoms with Gasteiger partial charge in [-0.1, -0.05) is 29.8 Å². The standard InChI is InChI=1S/C22H14ClFN4O2/c1-11-5-3-4-6-16(11)27-21(29)14-10-25-20-18(19(14)22(27)30)12(2)26-28(20)17-8-7-13(23)9-15(17)24/h3-10H,1-2H3. The number of amides is 2. The Morgan fingerprint density at radius 3 is 2.50 bits per heavy atom. The summed E-state index contributed by atoms with van der Waals surface area (Å²) in [5.41, 5.74) is 2.66. The zero-order valence-corrected chi connectivity index (χ0v) is 16.7. The minimum absolute atomic E-state index is 0.150. The Balaban J connectivity index is 1.74. The molecule has 6 nitrogen and oxygen atoms in total. The Morgan fingerprint density at radius 1 is 1.00 bits per heavy atom. The first-order valence-corrected chi connectivity index (χ1v) is 9.54. The molecule has 0 bridgehead atoms. The van der Waals surface area contributed by atoms with Crippen molar-refractivity contribution in [3.05, 3.63) is 81.9 Å². The van der Waals surface area contributed by atoms with Gasteiger partial charge in [0, 0.05) is 11.2 Å². The molecule has 0 saturated heterocycles. The maximum absolute atomic E-state index is 14.5. The molecule has 0 spiro atoms. The second kappa shape index (κ2) is 6.47. The molecule has 0 fully saturated rings. The van der Waals surface area contributed by atoms with Crippen molar-refractivity contribution in [1.82, 2.24) is 14.8 Å². The van der Waals surface area contributed by atoms with E-state index in [0.29, 0.717) is 22.4 Å². The van der Waals surface area contributed by atoms with Gasteiger partial charge >= 0.3 is 0 Å². The van der Waals surface area contributed by atoms with Gasteiger partial charge in [-0.3, -0.25) is 9.59 Å². The van der Waals surface area contributed by atoms with E-state index in [4.69, 9.17) is 11.6 Å². The zero-order valence-electron chi connectivity index (χ0n) is 16.0. The monoisotopic (exact) mass is 420 g/mol. The van der Waals surface area contributed by atoms with Crippen molar-refractivity contribution in [2.24, 2.45) is 0 Å². The Bertz CT molecular complexity index is 1400. The van der Waals surface area contributed by atoms with Crippen molar-refractivity contribution in [3.8, 4) is 5.69 Å². The van der Waals surface area contributed by atoms with Crippen LogP contribution in [0.3, 0.4) is 0 Å². The summed E-state index contributed by atoms with van der Waals surface area (Å²) in [6, 6.07) is 11.4.